The first kappa shape index (κ1) is 19.3. The van der Waals surface area contributed by atoms with Gasteiger partial charge >= 0.3 is 18.0 Å². The molecule has 1 aromatic rings. The minimum atomic E-state index is -0.763. The zero-order chi connectivity index (χ0) is 19.1. The van der Waals surface area contributed by atoms with Gasteiger partial charge in [-0.25, -0.2) is 14.4 Å². The fourth-order valence-corrected chi connectivity index (χ4v) is 2.60. The largest absolute Gasteiger partial charge is 0.482 e. The second kappa shape index (κ2) is 8.89. The van der Waals surface area contributed by atoms with Gasteiger partial charge in [-0.3, -0.25) is 0 Å². The van der Waals surface area contributed by atoms with Crippen LogP contribution < -0.4 is 15.4 Å². The van der Waals surface area contributed by atoms with Crippen LogP contribution in [0.4, 0.5) is 4.79 Å². The lowest BCUT2D eigenvalue weighted by Crippen LogP contribution is -2.45. The molecule has 1 heterocycles. The number of nitrogens with one attached hydrogen (secondary N) is 2. The number of benzene rings is 1. The molecular weight excluding hydrogens is 340 g/mol. The molecule has 0 saturated carbocycles. The molecule has 0 fully saturated rings. The first-order chi connectivity index (χ1) is 12.5. The standard InChI is InChI=1S/C18H22N2O6/c1-4-24-14(21)10-26-13-9-7-6-8-12(13)16-15(17(22)25-5-2)11(3)19-18(23)20-16/h6-9,16H,4-5,10H2,1-3H3,(H2,19,20,23)/t16-/m1/s1. The molecule has 8 heteroatoms. The molecule has 1 aliphatic heterocycles. The Bertz CT molecular complexity index is 728. The fourth-order valence-electron chi connectivity index (χ4n) is 2.60. The van der Waals surface area contributed by atoms with E-state index >= 15 is 0 Å². The van der Waals surface area contributed by atoms with E-state index < -0.39 is 24.0 Å². The van der Waals surface area contributed by atoms with Crippen molar-refractivity contribution in [2.45, 2.75) is 26.8 Å². The van der Waals surface area contributed by atoms with Crippen LogP contribution in [-0.2, 0) is 19.1 Å². The van der Waals surface area contributed by atoms with Gasteiger partial charge in [0.2, 0.25) is 0 Å². The fraction of sp³-hybridized carbons (Fsp3) is 0.389. The number of hydrogen-bond acceptors (Lipinski definition) is 6. The van der Waals surface area contributed by atoms with Gasteiger partial charge in [-0.2, -0.15) is 0 Å². The van der Waals surface area contributed by atoms with Gasteiger partial charge in [-0.05, 0) is 26.8 Å². The van der Waals surface area contributed by atoms with Crippen LogP contribution in [0.2, 0.25) is 0 Å². The summed E-state index contributed by atoms with van der Waals surface area (Å²) < 4.78 is 15.5. The third-order valence-electron chi connectivity index (χ3n) is 3.65. The Morgan fingerprint density at radius 2 is 1.81 bits per heavy atom. The maximum Gasteiger partial charge on any atom is 0.344 e. The lowest BCUT2D eigenvalue weighted by atomic mass is 9.95. The number of urea groups is 1. The van der Waals surface area contributed by atoms with E-state index in [1.807, 2.05) is 0 Å². The number of carbonyl (C=O) groups excluding carboxylic acids is 3. The molecule has 0 radical (unpaired) electrons. The van der Waals surface area contributed by atoms with Crippen LogP contribution in [0.5, 0.6) is 5.75 Å². The van der Waals surface area contributed by atoms with E-state index in [-0.39, 0.29) is 25.4 Å². The molecular formula is C18H22N2O6. The van der Waals surface area contributed by atoms with Crippen molar-refractivity contribution >= 4 is 18.0 Å². The minimum Gasteiger partial charge on any atom is -0.482 e. The summed E-state index contributed by atoms with van der Waals surface area (Å²) in [6.45, 7) is 5.21. The SMILES string of the molecule is CCOC(=O)COc1ccccc1[C@H]1NC(=O)NC(C)=C1C(=O)OCC. The predicted molar refractivity (Wildman–Crippen MR) is 92.3 cm³/mol. The summed E-state index contributed by atoms with van der Waals surface area (Å²) in [6.07, 6.45) is 0. The molecule has 0 aliphatic carbocycles. The van der Waals surface area contributed by atoms with Crippen molar-refractivity contribution in [1.82, 2.24) is 10.6 Å². The molecule has 1 aliphatic rings. The van der Waals surface area contributed by atoms with E-state index in [0.29, 0.717) is 17.0 Å². The maximum absolute atomic E-state index is 12.4. The smallest absolute Gasteiger partial charge is 0.344 e. The van der Waals surface area contributed by atoms with Crippen LogP contribution in [0.25, 0.3) is 0 Å². The maximum atomic E-state index is 12.4. The quantitative estimate of drug-likeness (QED) is 0.717. The van der Waals surface area contributed by atoms with E-state index in [1.165, 1.54) is 0 Å². The molecule has 8 nitrogen and oxygen atoms in total. The summed E-state index contributed by atoms with van der Waals surface area (Å²) in [4.78, 5) is 35.9. The Labute approximate surface area is 151 Å². The van der Waals surface area contributed by atoms with Crippen LogP contribution in [0.15, 0.2) is 35.5 Å². The van der Waals surface area contributed by atoms with Crippen molar-refractivity contribution in [3.05, 3.63) is 41.1 Å². The highest BCUT2D eigenvalue weighted by Crippen LogP contribution is 2.33. The van der Waals surface area contributed by atoms with E-state index in [2.05, 4.69) is 10.6 Å². The van der Waals surface area contributed by atoms with Crippen molar-refractivity contribution in [2.75, 3.05) is 19.8 Å². The highest BCUT2D eigenvalue weighted by Gasteiger charge is 2.33. The van der Waals surface area contributed by atoms with Gasteiger partial charge in [0.25, 0.3) is 0 Å². The Hall–Kier alpha value is -3.03. The topological polar surface area (TPSA) is 103 Å². The molecule has 26 heavy (non-hydrogen) atoms. The van der Waals surface area contributed by atoms with Gasteiger partial charge in [0, 0.05) is 11.3 Å². The zero-order valence-corrected chi connectivity index (χ0v) is 15.0. The van der Waals surface area contributed by atoms with Crippen LogP contribution >= 0.6 is 0 Å². The van der Waals surface area contributed by atoms with Gasteiger partial charge < -0.3 is 24.8 Å². The van der Waals surface area contributed by atoms with E-state index in [0.717, 1.165) is 0 Å². The number of para-hydroxylation sites is 1. The van der Waals surface area contributed by atoms with Gasteiger partial charge in [0.15, 0.2) is 6.61 Å². The molecule has 0 aromatic heterocycles. The number of rotatable bonds is 7. The predicted octanol–water partition coefficient (Wildman–Crippen LogP) is 1.82. The van der Waals surface area contributed by atoms with E-state index in [4.69, 9.17) is 14.2 Å². The third-order valence-corrected chi connectivity index (χ3v) is 3.65. The normalized spacial score (nSPS) is 16.4. The number of hydrogen-bond donors (Lipinski definition) is 2. The van der Waals surface area contributed by atoms with Crippen LogP contribution in [0.3, 0.4) is 0 Å². The highest BCUT2D eigenvalue weighted by molar-refractivity contribution is 5.95. The zero-order valence-electron chi connectivity index (χ0n) is 15.0. The first-order valence-corrected chi connectivity index (χ1v) is 8.30. The Kier molecular flexibility index (Phi) is 6.60. The lowest BCUT2D eigenvalue weighted by Gasteiger charge is -2.29. The average Bonchev–Trinajstić information content (AvgIpc) is 2.60. The van der Waals surface area contributed by atoms with Crippen LogP contribution in [-0.4, -0.2) is 37.8 Å². The molecule has 0 saturated heterocycles. The minimum absolute atomic E-state index is 0.206. The molecule has 1 aromatic carbocycles. The molecule has 0 bridgehead atoms. The number of amides is 2. The van der Waals surface area contributed by atoms with E-state index in [9.17, 15) is 14.4 Å². The molecule has 2 rings (SSSR count). The number of ether oxygens (including phenoxy) is 3. The molecule has 140 valence electrons. The molecule has 0 spiro atoms. The molecule has 2 N–H and O–H groups in total. The van der Waals surface area contributed by atoms with Crippen molar-refractivity contribution in [1.29, 1.82) is 0 Å². The second-order valence-electron chi connectivity index (χ2n) is 5.42. The number of esters is 2. The molecule has 1 atom stereocenters. The number of allylic oxidation sites excluding steroid dienone is 1. The number of carbonyl (C=O) groups is 3. The lowest BCUT2D eigenvalue weighted by molar-refractivity contribution is -0.145. The van der Waals surface area contributed by atoms with Crippen molar-refractivity contribution in [2.24, 2.45) is 0 Å². The van der Waals surface area contributed by atoms with Crippen LogP contribution in [0.1, 0.15) is 32.4 Å². The first-order valence-electron chi connectivity index (χ1n) is 8.30. The summed E-state index contributed by atoms with van der Waals surface area (Å²) in [6, 6.07) is 5.64. The second-order valence-corrected chi connectivity index (χ2v) is 5.42. The van der Waals surface area contributed by atoms with Crippen LogP contribution in [0, 0.1) is 0 Å². The summed E-state index contributed by atoms with van der Waals surface area (Å²) in [5.41, 5.74) is 1.21. The highest BCUT2D eigenvalue weighted by atomic mass is 16.6. The Morgan fingerprint density at radius 1 is 1.12 bits per heavy atom. The monoisotopic (exact) mass is 362 g/mol. The Morgan fingerprint density at radius 3 is 2.50 bits per heavy atom. The Balaban J connectivity index is 2.35. The third kappa shape index (κ3) is 4.53. The van der Waals surface area contributed by atoms with Gasteiger partial charge in [-0.1, -0.05) is 18.2 Å². The average molecular weight is 362 g/mol. The van der Waals surface area contributed by atoms with Crippen molar-refractivity contribution in [3.8, 4) is 5.75 Å². The van der Waals surface area contributed by atoms with Crippen molar-refractivity contribution < 1.29 is 28.6 Å². The summed E-state index contributed by atoms with van der Waals surface area (Å²) in [5, 5.41) is 5.27. The summed E-state index contributed by atoms with van der Waals surface area (Å²) in [5.74, 6) is -0.681. The summed E-state index contributed by atoms with van der Waals surface area (Å²) >= 11 is 0. The van der Waals surface area contributed by atoms with E-state index in [1.54, 1.807) is 45.0 Å². The van der Waals surface area contributed by atoms with Gasteiger partial charge in [0.05, 0.1) is 24.8 Å². The van der Waals surface area contributed by atoms with Gasteiger partial charge in [-0.15, -0.1) is 0 Å². The summed E-state index contributed by atoms with van der Waals surface area (Å²) in [7, 11) is 0. The molecule has 0 unspecified atom stereocenters. The molecule has 2 amide bonds. The van der Waals surface area contributed by atoms with Crippen molar-refractivity contribution in [3.63, 3.8) is 0 Å². The van der Waals surface area contributed by atoms with Gasteiger partial charge in [0.1, 0.15) is 5.75 Å².